The van der Waals surface area contributed by atoms with Crippen LogP contribution in [0.2, 0.25) is 0 Å². The van der Waals surface area contributed by atoms with Gasteiger partial charge in [0, 0.05) is 5.38 Å². The molecule has 1 unspecified atom stereocenters. The van der Waals surface area contributed by atoms with E-state index in [1.165, 1.54) is 5.38 Å². The fourth-order valence-electron chi connectivity index (χ4n) is 1.48. The van der Waals surface area contributed by atoms with Crippen molar-refractivity contribution in [3.8, 4) is 0 Å². The van der Waals surface area contributed by atoms with Crippen LogP contribution in [0.1, 0.15) is 39.8 Å². The van der Waals surface area contributed by atoms with Crippen molar-refractivity contribution >= 4 is 44.7 Å². The smallest absolute Gasteiger partial charge is 0.359 e. The number of carbonyl (C=O) groups excluding carboxylic acids is 2. The number of hydrogen-bond donors (Lipinski definition) is 2. The summed E-state index contributed by atoms with van der Waals surface area (Å²) in [5.74, 6) is -0.476. The summed E-state index contributed by atoms with van der Waals surface area (Å²) in [5, 5.41) is 4.82. The highest BCUT2D eigenvalue weighted by Gasteiger charge is 2.19. The van der Waals surface area contributed by atoms with Crippen LogP contribution in [-0.4, -0.2) is 47.6 Å². The van der Waals surface area contributed by atoms with Gasteiger partial charge in [-0.15, -0.1) is 11.3 Å². The zero-order valence-electron chi connectivity index (χ0n) is 14.0. The van der Waals surface area contributed by atoms with Crippen molar-refractivity contribution in [2.45, 2.75) is 45.8 Å². The van der Waals surface area contributed by atoms with Gasteiger partial charge in [0.2, 0.25) is 0 Å². The summed E-state index contributed by atoms with van der Waals surface area (Å²) in [6.07, 6.45) is -0.356. The second-order valence-electron chi connectivity index (χ2n) is 5.92. The number of carbonyl (C=O) groups is 2. The Labute approximate surface area is 149 Å². The van der Waals surface area contributed by atoms with Crippen LogP contribution in [0.15, 0.2) is 10.5 Å². The first-order valence-corrected chi connectivity index (χ1v) is 9.33. The summed E-state index contributed by atoms with van der Waals surface area (Å²) in [4.78, 5) is 31.6. The molecule has 12 heteroatoms. The normalized spacial score (nSPS) is 13.9. The lowest BCUT2D eigenvalue weighted by molar-refractivity contribution is -0.157. The highest BCUT2D eigenvalue weighted by atomic mass is 32.2. The van der Waals surface area contributed by atoms with Gasteiger partial charge < -0.3 is 9.57 Å². The molecule has 1 heterocycles. The highest BCUT2D eigenvalue weighted by molar-refractivity contribution is 7.87. The van der Waals surface area contributed by atoms with Gasteiger partial charge in [-0.1, -0.05) is 5.16 Å². The van der Waals surface area contributed by atoms with E-state index >= 15 is 0 Å². The lowest BCUT2D eigenvalue weighted by Gasteiger charge is -2.20. The highest BCUT2D eigenvalue weighted by Crippen LogP contribution is 2.17. The average Bonchev–Trinajstić information content (AvgIpc) is 2.83. The van der Waals surface area contributed by atoms with Crippen LogP contribution in [-0.2, 0) is 29.5 Å². The number of rotatable bonds is 8. The molecule has 0 aliphatic rings. The molecule has 0 fully saturated rings. The monoisotopic (exact) mass is 393 g/mol. The minimum atomic E-state index is -4.46. The number of ether oxygens (including phenoxy) is 1. The Bertz CT molecular complexity index is 750. The van der Waals surface area contributed by atoms with Crippen LogP contribution in [0.4, 0.5) is 5.13 Å². The third-order valence-corrected chi connectivity index (χ3v) is 3.64. The predicted octanol–water partition coefficient (Wildman–Crippen LogP) is 1.40. The zero-order chi connectivity index (χ0) is 19.3. The molecule has 1 aromatic rings. The summed E-state index contributed by atoms with van der Waals surface area (Å²) < 4.78 is 37.0. The van der Waals surface area contributed by atoms with Gasteiger partial charge in [-0.05, 0) is 27.7 Å². The zero-order valence-corrected chi connectivity index (χ0v) is 15.7. The number of oxime groups is 1. The van der Waals surface area contributed by atoms with Gasteiger partial charge >= 0.3 is 16.3 Å². The number of anilines is 1. The first-order valence-electron chi connectivity index (χ1n) is 7.01. The van der Waals surface area contributed by atoms with Gasteiger partial charge in [0.25, 0.3) is 0 Å². The minimum Gasteiger partial charge on any atom is -0.460 e. The number of hydrogen-bond acceptors (Lipinski definition) is 9. The Morgan fingerprint density at radius 3 is 2.68 bits per heavy atom. The molecule has 0 amide bonds. The fraction of sp³-hybridized carbons (Fsp3) is 0.538. The van der Waals surface area contributed by atoms with Crippen LogP contribution in [0, 0.1) is 0 Å². The van der Waals surface area contributed by atoms with Crippen molar-refractivity contribution in [3.63, 3.8) is 0 Å². The Morgan fingerprint density at radius 1 is 1.52 bits per heavy atom. The van der Waals surface area contributed by atoms with Crippen LogP contribution in [0.25, 0.3) is 0 Å². The summed E-state index contributed by atoms with van der Waals surface area (Å²) in [6, 6.07) is 0. The Kier molecular flexibility index (Phi) is 7.02. The van der Waals surface area contributed by atoms with E-state index in [0.29, 0.717) is 6.29 Å². The SMILES string of the molecule is CC(CC(=O)OC(C)(C)C)ON=C(C=O)c1csc(NS(=O)(=O)O)n1. The van der Waals surface area contributed by atoms with E-state index in [2.05, 4.69) is 10.1 Å². The van der Waals surface area contributed by atoms with Crippen LogP contribution < -0.4 is 4.72 Å². The fourth-order valence-corrected chi connectivity index (χ4v) is 2.80. The molecule has 25 heavy (non-hydrogen) atoms. The maximum absolute atomic E-state index is 11.7. The lowest BCUT2D eigenvalue weighted by atomic mass is 10.2. The quantitative estimate of drug-likeness (QED) is 0.222. The molecule has 2 N–H and O–H groups in total. The molecule has 0 bridgehead atoms. The maximum Gasteiger partial charge on any atom is 0.359 e. The maximum atomic E-state index is 11.7. The van der Waals surface area contributed by atoms with Crippen molar-refractivity contribution < 1.29 is 32.1 Å². The van der Waals surface area contributed by atoms with Crippen LogP contribution in [0.5, 0.6) is 0 Å². The van der Waals surface area contributed by atoms with E-state index in [0.717, 1.165) is 11.3 Å². The van der Waals surface area contributed by atoms with Gasteiger partial charge in [0.15, 0.2) is 17.1 Å². The number of thiazole rings is 1. The summed E-state index contributed by atoms with van der Waals surface area (Å²) >= 11 is 0.841. The van der Waals surface area contributed by atoms with E-state index in [4.69, 9.17) is 14.1 Å². The third kappa shape index (κ3) is 8.56. The van der Waals surface area contributed by atoms with Gasteiger partial charge in [0.05, 0.1) is 6.42 Å². The van der Waals surface area contributed by atoms with Crippen molar-refractivity contribution in [2.75, 3.05) is 4.72 Å². The summed E-state index contributed by atoms with van der Waals surface area (Å²) in [7, 11) is -4.46. The van der Waals surface area contributed by atoms with Gasteiger partial charge in [-0.2, -0.15) is 8.42 Å². The first-order chi connectivity index (χ1) is 11.4. The molecule has 1 rings (SSSR count). The van der Waals surface area contributed by atoms with Crippen molar-refractivity contribution in [2.24, 2.45) is 5.16 Å². The molecule has 0 spiro atoms. The Hall–Kier alpha value is -2.05. The molecular weight excluding hydrogens is 374 g/mol. The summed E-state index contributed by atoms with van der Waals surface area (Å²) in [6.45, 7) is 6.78. The lowest BCUT2D eigenvalue weighted by Crippen LogP contribution is -2.26. The molecule has 0 aliphatic heterocycles. The van der Waals surface area contributed by atoms with Crippen LogP contribution >= 0.6 is 11.3 Å². The molecule has 0 aliphatic carbocycles. The van der Waals surface area contributed by atoms with Gasteiger partial charge in [-0.3, -0.25) is 14.1 Å². The number of nitrogens with one attached hydrogen (secondary N) is 1. The van der Waals surface area contributed by atoms with Crippen molar-refractivity contribution in [1.29, 1.82) is 0 Å². The predicted molar refractivity (Wildman–Crippen MR) is 90.9 cm³/mol. The van der Waals surface area contributed by atoms with Gasteiger partial charge in [-0.25, -0.2) is 9.71 Å². The average molecular weight is 393 g/mol. The van der Waals surface area contributed by atoms with Gasteiger partial charge in [0.1, 0.15) is 17.4 Å². The molecule has 1 atom stereocenters. The van der Waals surface area contributed by atoms with Crippen LogP contribution in [0.3, 0.4) is 0 Å². The Morgan fingerprint density at radius 2 is 2.16 bits per heavy atom. The van der Waals surface area contributed by atoms with Crippen molar-refractivity contribution in [3.05, 3.63) is 11.1 Å². The van der Waals surface area contributed by atoms with E-state index in [1.807, 2.05) is 0 Å². The van der Waals surface area contributed by atoms with E-state index < -0.39 is 28.0 Å². The number of aldehydes is 1. The molecule has 0 saturated carbocycles. The number of nitrogens with zero attached hydrogens (tertiary/aromatic N) is 2. The second kappa shape index (κ2) is 8.36. The van der Waals surface area contributed by atoms with E-state index in [1.54, 1.807) is 32.4 Å². The molecule has 0 saturated heterocycles. The summed E-state index contributed by atoms with van der Waals surface area (Å²) in [5.41, 5.74) is -0.767. The third-order valence-electron chi connectivity index (χ3n) is 2.30. The molecular formula is C13H19N3O7S2. The topological polar surface area (TPSA) is 144 Å². The second-order valence-corrected chi connectivity index (χ2v) is 7.93. The van der Waals surface area contributed by atoms with Crippen molar-refractivity contribution in [1.82, 2.24) is 4.98 Å². The molecule has 0 aromatic carbocycles. The molecule has 10 nitrogen and oxygen atoms in total. The first kappa shape index (κ1) is 21.0. The molecule has 140 valence electrons. The number of esters is 1. The standard InChI is InChI=1S/C13H19N3O7S2/c1-8(5-11(18)22-13(2,3)4)23-15-9(6-17)10-7-24-12(14-10)16-25(19,20)21/h6-8H,5H2,1-4H3,(H,14,16)(H,19,20,21). The Balaban J connectivity index is 2.70. The molecule has 0 radical (unpaired) electrons. The largest absolute Gasteiger partial charge is 0.460 e. The minimum absolute atomic E-state index is 0.0515. The number of aromatic nitrogens is 1. The van der Waals surface area contributed by atoms with E-state index in [-0.39, 0.29) is 23.0 Å². The molecule has 1 aromatic heterocycles. The van der Waals surface area contributed by atoms with E-state index in [9.17, 15) is 18.0 Å².